The van der Waals surface area contributed by atoms with Crippen LogP contribution in [0.15, 0.2) is 42.5 Å². The zero-order valence-electron chi connectivity index (χ0n) is 19.5. The normalized spacial score (nSPS) is 15.0. The maximum Gasteiger partial charge on any atom is 0.244 e. The maximum atomic E-state index is 13.8. The molecule has 0 unspecified atom stereocenters. The fourth-order valence-electron chi connectivity index (χ4n) is 4.01. The summed E-state index contributed by atoms with van der Waals surface area (Å²) in [4.78, 5) is 27.7. The third-order valence-corrected chi connectivity index (χ3v) is 7.40. The second-order valence-electron chi connectivity index (χ2n) is 8.68. The van der Waals surface area contributed by atoms with Gasteiger partial charge in [-0.15, -0.1) is 0 Å². The molecule has 2 amide bonds. The van der Waals surface area contributed by atoms with Crippen molar-refractivity contribution in [1.29, 1.82) is 0 Å². The summed E-state index contributed by atoms with van der Waals surface area (Å²) in [6, 6.07) is 8.39. The second-order valence-corrected chi connectivity index (χ2v) is 11.0. The van der Waals surface area contributed by atoms with E-state index in [-0.39, 0.29) is 24.2 Å². The van der Waals surface area contributed by atoms with E-state index in [1.54, 1.807) is 31.2 Å². The van der Waals surface area contributed by atoms with Crippen molar-refractivity contribution in [3.8, 4) is 0 Å². The average molecular weight is 528 g/mol. The van der Waals surface area contributed by atoms with E-state index in [4.69, 9.17) is 11.6 Å². The topological polar surface area (TPSA) is 86.8 Å². The molecule has 1 aliphatic carbocycles. The van der Waals surface area contributed by atoms with Crippen LogP contribution in [-0.2, 0) is 26.2 Å². The summed E-state index contributed by atoms with van der Waals surface area (Å²) in [5.74, 6) is -3.41. The summed E-state index contributed by atoms with van der Waals surface area (Å²) in [5.41, 5.74) is 0.483. The fourth-order valence-corrected chi connectivity index (χ4v) is 4.98. The number of sulfonamides is 1. The minimum atomic E-state index is -4.04. The molecule has 35 heavy (non-hydrogen) atoms. The summed E-state index contributed by atoms with van der Waals surface area (Å²) in [7, 11) is -4.04. The molecule has 11 heteroatoms. The van der Waals surface area contributed by atoms with Gasteiger partial charge in [0.15, 0.2) is 11.6 Å². The molecule has 1 saturated carbocycles. The number of rotatable bonds is 9. The average Bonchev–Trinajstić information content (AvgIpc) is 3.30. The zero-order valence-corrected chi connectivity index (χ0v) is 21.1. The first kappa shape index (κ1) is 26.9. The number of carbonyl (C=O) groups excluding carboxylic acids is 2. The Labute approximate surface area is 209 Å². The Morgan fingerprint density at radius 3 is 2.29 bits per heavy atom. The third kappa shape index (κ3) is 7.14. The summed E-state index contributed by atoms with van der Waals surface area (Å²) in [6.45, 7) is 0.892. The van der Waals surface area contributed by atoms with Gasteiger partial charge in [-0.3, -0.25) is 13.9 Å². The van der Waals surface area contributed by atoms with Gasteiger partial charge >= 0.3 is 0 Å². The molecular weight excluding hydrogens is 500 g/mol. The van der Waals surface area contributed by atoms with Crippen molar-refractivity contribution in [1.82, 2.24) is 10.2 Å². The molecular formula is C24H28ClF2N3O4S. The van der Waals surface area contributed by atoms with E-state index < -0.39 is 40.2 Å². The van der Waals surface area contributed by atoms with E-state index in [0.717, 1.165) is 44.1 Å². The van der Waals surface area contributed by atoms with E-state index in [1.807, 2.05) is 0 Å². The molecule has 1 N–H and O–H groups in total. The highest BCUT2D eigenvalue weighted by molar-refractivity contribution is 7.92. The number of anilines is 1. The molecule has 0 aromatic heterocycles. The summed E-state index contributed by atoms with van der Waals surface area (Å²) < 4.78 is 52.8. The maximum absolute atomic E-state index is 13.8. The number of carbonyl (C=O) groups is 2. The van der Waals surface area contributed by atoms with Crippen LogP contribution in [-0.4, -0.2) is 50.0 Å². The third-order valence-electron chi connectivity index (χ3n) is 6.01. The first-order valence-electron chi connectivity index (χ1n) is 11.2. The van der Waals surface area contributed by atoms with Gasteiger partial charge in [0, 0.05) is 23.7 Å². The van der Waals surface area contributed by atoms with Crippen LogP contribution in [0.3, 0.4) is 0 Å². The molecule has 0 saturated heterocycles. The minimum Gasteiger partial charge on any atom is -0.352 e. The zero-order chi connectivity index (χ0) is 25.8. The Morgan fingerprint density at radius 2 is 1.71 bits per heavy atom. The lowest BCUT2D eigenvalue weighted by atomic mass is 10.1. The van der Waals surface area contributed by atoms with Crippen LogP contribution in [0.25, 0.3) is 0 Å². The predicted molar refractivity (Wildman–Crippen MR) is 130 cm³/mol. The molecule has 0 aliphatic heterocycles. The van der Waals surface area contributed by atoms with Crippen molar-refractivity contribution in [3.05, 3.63) is 64.7 Å². The number of amides is 2. The summed E-state index contributed by atoms with van der Waals surface area (Å²) in [5, 5.41) is 3.46. The molecule has 2 aromatic carbocycles. The Hall–Kier alpha value is -2.72. The molecule has 1 aliphatic rings. The highest BCUT2D eigenvalue weighted by atomic mass is 35.5. The van der Waals surface area contributed by atoms with Gasteiger partial charge < -0.3 is 10.2 Å². The van der Waals surface area contributed by atoms with Gasteiger partial charge in [0.1, 0.15) is 12.6 Å². The Kier molecular flexibility index (Phi) is 8.71. The number of nitrogens with one attached hydrogen (secondary N) is 1. The van der Waals surface area contributed by atoms with Gasteiger partial charge in [0.2, 0.25) is 21.8 Å². The molecule has 0 spiro atoms. The lowest BCUT2D eigenvalue weighted by molar-refractivity contribution is -0.139. The van der Waals surface area contributed by atoms with Crippen molar-refractivity contribution in [2.75, 3.05) is 17.1 Å². The molecule has 190 valence electrons. The van der Waals surface area contributed by atoms with Gasteiger partial charge in [-0.25, -0.2) is 17.2 Å². The number of hydrogen-bond acceptors (Lipinski definition) is 4. The van der Waals surface area contributed by atoms with Crippen LogP contribution in [0, 0.1) is 11.6 Å². The van der Waals surface area contributed by atoms with Crippen molar-refractivity contribution in [3.63, 3.8) is 0 Å². The molecule has 3 rings (SSSR count). The molecule has 0 radical (unpaired) electrons. The lowest BCUT2D eigenvalue weighted by Gasteiger charge is -2.32. The highest BCUT2D eigenvalue weighted by Crippen LogP contribution is 2.22. The SMILES string of the molecule is C[C@@H](C(=O)NC1CCCC1)N(Cc1ccc(Cl)cc1)C(=O)CN(c1ccc(F)c(F)c1)S(C)(=O)=O. The standard InChI is InChI=1S/C24H28ClF2N3O4S/c1-16(24(32)28-19-5-3-4-6-19)29(14-17-7-9-18(25)10-8-17)23(31)15-30(35(2,33)34)20-11-12-21(26)22(27)13-20/h7-13,16,19H,3-6,14-15H2,1-2H3,(H,28,32)/t16-/m0/s1. The molecule has 1 fully saturated rings. The van der Waals surface area contributed by atoms with E-state index in [1.165, 1.54) is 4.90 Å². The first-order chi connectivity index (χ1) is 16.5. The minimum absolute atomic E-state index is 0.0185. The van der Waals surface area contributed by atoms with Crippen LogP contribution in [0.4, 0.5) is 14.5 Å². The molecule has 2 aromatic rings. The number of halogens is 3. The number of benzene rings is 2. The second kappa shape index (κ2) is 11.3. The van der Waals surface area contributed by atoms with Gasteiger partial charge in [-0.1, -0.05) is 36.6 Å². The van der Waals surface area contributed by atoms with Crippen molar-refractivity contribution in [2.45, 2.75) is 51.2 Å². The first-order valence-corrected chi connectivity index (χ1v) is 13.5. The number of nitrogens with zero attached hydrogens (tertiary/aromatic N) is 2. The van der Waals surface area contributed by atoms with E-state index in [9.17, 15) is 26.8 Å². The van der Waals surface area contributed by atoms with Gasteiger partial charge in [0.25, 0.3) is 0 Å². The predicted octanol–water partition coefficient (Wildman–Crippen LogP) is 3.86. The molecule has 1 atom stereocenters. The Balaban J connectivity index is 1.88. The van der Waals surface area contributed by atoms with Crippen molar-refractivity contribution >= 4 is 39.1 Å². The van der Waals surface area contributed by atoms with E-state index in [0.29, 0.717) is 21.0 Å². The van der Waals surface area contributed by atoms with Crippen LogP contribution < -0.4 is 9.62 Å². The Bertz CT molecular complexity index is 1170. The lowest BCUT2D eigenvalue weighted by Crippen LogP contribution is -2.52. The summed E-state index contributed by atoms with van der Waals surface area (Å²) >= 11 is 5.95. The van der Waals surface area contributed by atoms with E-state index in [2.05, 4.69) is 5.32 Å². The number of hydrogen-bond donors (Lipinski definition) is 1. The highest BCUT2D eigenvalue weighted by Gasteiger charge is 2.31. The van der Waals surface area contributed by atoms with Crippen LogP contribution in [0.2, 0.25) is 5.02 Å². The quantitative estimate of drug-likeness (QED) is 0.536. The molecule has 0 bridgehead atoms. The molecule has 0 heterocycles. The smallest absolute Gasteiger partial charge is 0.244 e. The van der Waals surface area contributed by atoms with Crippen LogP contribution in [0.1, 0.15) is 38.2 Å². The largest absolute Gasteiger partial charge is 0.352 e. The van der Waals surface area contributed by atoms with Crippen molar-refractivity contribution in [2.24, 2.45) is 0 Å². The summed E-state index contributed by atoms with van der Waals surface area (Å²) in [6.07, 6.45) is 4.62. The van der Waals surface area contributed by atoms with Crippen LogP contribution in [0.5, 0.6) is 0 Å². The Morgan fingerprint density at radius 1 is 1.09 bits per heavy atom. The van der Waals surface area contributed by atoms with Crippen molar-refractivity contribution < 1.29 is 26.8 Å². The monoisotopic (exact) mass is 527 g/mol. The fraction of sp³-hybridized carbons (Fsp3) is 0.417. The van der Waals surface area contributed by atoms with Gasteiger partial charge in [-0.05, 0) is 49.6 Å². The van der Waals surface area contributed by atoms with Gasteiger partial charge in [-0.2, -0.15) is 0 Å². The van der Waals surface area contributed by atoms with Gasteiger partial charge in [0.05, 0.1) is 11.9 Å². The molecule has 7 nitrogen and oxygen atoms in total. The van der Waals surface area contributed by atoms with E-state index >= 15 is 0 Å². The van der Waals surface area contributed by atoms with Crippen LogP contribution >= 0.6 is 11.6 Å².